The molecule has 3 N–H and O–H groups in total. The van der Waals surface area contributed by atoms with Gasteiger partial charge < -0.3 is 30.5 Å². The maximum absolute atomic E-state index is 15.0. The number of benzene rings is 6. The lowest BCUT2D eigenvalue weighted by atomic mass is 9.81. The van der Waals surface area contributed by atoms with Crippen molar-refractivity contribution in [1.29, 1.82) is 0 Å². The van der Waals surface area contributed by atoms with E-state index in [-0.39, 0.29) is 55.7 Å². The number of carbonyl (C=O) groups excluding carboxylic acids is 5. The van der Waals surface area contributed by atoms with E-state index in [1.54, 1.807) is 40.1 Å². The third-order valence-electron chi connectivity index (χ3n) is 12.8. The number of hydrogen-bond acceptors (Lipinski definition) is 7. The molecule has 4 aliphatic heterocycles. The summed E-state index contributed by atoms with van der Waals surface area (Å²) in [5.74, 6) is -0.823. The average Bonchev–Trinajstić information content (AvgIpc) is 3.87. The molecule has 65 heavy (non-hydrogen) atoms. The van der Waals surface area contributed by atoms with Crippen molar-refractivity contribution in [1.82, 2.24) is 20.4 Å². The molecular weight excluding hydrogens is 817 g/mol. The number of piperidine rings is 1. The average molecular weight is 863 g/mol. The normalized spacial score (nSPS) is 19.8. The van der Waals surface area contributed by atoms with Crippen LogP contribution in [0.25, 0.3) is 11.1 Å². The van der Waals surface area contributed by atoms with Crippen LogP contribution in [0.3, 0.4) is 0 Å². The van der Waals surface area contributed by atoms with Gasteiger partial charge in [-0.05, 0) is 77.1 Å². The van der Waals surface area contributed by atoms with Gasteiger partial charge >= 0.3 is 0 Å². The Balaban J connectivity index is 0.797. The van der Waals surface area contributed by atoms with Crippen LogP contribution in [0, 0.1) is 0 Å². The molecule has 12 heteroatoms. The van der Waals surface area contributed by atoms with Crippen LogP contribution in [0.2, 0.25) is 0 Å². The highest BCUT2D eigenvalue weighted by molar-refractivity contribution is 6.08. The van der Waals surface area contributed by atoms with E-state index in [0.717, 1.165) is 45.4 Å². The fourth-order valence-electron chi connectivity index (χ4n) is 9.43. The second-order valence-electron chi connectivity index (χ2n) is 16.9. The van der Waals surface area contributed by atoms with Crippen LogP contribution in [-0.2, 0) is 45.2 Å². The predicted molar refractivity (Wildman–Crippen MR) is 246 cm³/mol. The van der Waals surface area contributed by atoms with Crippen molar-refractivity contribution in [2.24, 2.45) is 4.99 Å². The maximum atomic E-state index is 15.0. The first-order chi connectivity index (χ1) is 31.7. The Labute approximate surface area is 376 Å². The minimum atomic E-state index is -1.33. The summed E-state index contributed by atoms with van der Waals surface area (Å²) in [6, 6.07) is 47.0. The number of aliphatic imine (C=N–C) groups is 1. The Kier molecular flexibility index (Phi) is 11.0. The molecule has 6 aromatic rings. The topological polar surface area (TPSA) is 150 Å². The van der Waals surface area contributed by atoms with Gasteiger partial charge in [-0.25, -0.2) is 4.99 Å². The highest BCUT2D eigenvalue weighted by Gasteiger charge is 2.57. The van der Waals surface area contributed by atoms with E-state index >= 15 is 0 Å². The first-order valence-electron chi connectivity index (χ1n) is 21.9. The van der Waals surface area contributed by atoms with E-state index in [1.165, 1.54) is 0 Å². The Morgan fingerprint density at radius 2 is 1.45 bits per heavy atom. The number of nitrogens with zero attached hydrogens (tertiary/aromatic N) is 3. The summed E-state index contributed by atoms with van der Waals surface area (Å²) in [4.78, 5) is 76.2. The number of ether oxygens (including phenoxy) is 1. The molecule has 0 radical (unpaired) electrons. The van der Waals surface area contributed by atoms with E-state index in [9.17, 15) is 24.0 Å². The van der Waals surface area contributed by atoms with Gasteiger partial charge in [0.2, 0.25) is 17.7 Å². The first-order valence-corrected chi connectivity index (χ1v) is 21.9. The first kappa shape index (κ1) is 41.2. The van der Waals surface area contributed by atoms with Crippen LogP contribution >= 0.6 is 0 Å². The quantitative estimate of drug-likeness (QED) is 0.128. The smallest absolute Gasteiger partial charge is 0.256 e. The van der Waals surface area contributed by atoms with E-state index in [1.807, 2.05) is 121 Å². The van der Waals surface area contributed by atoms with Gasteiger partial charge in [-0.2, -0.15) is 0 Å². The molecule has 0 spiro atoms. The van der Waals surface area contributed by atoms with Gasteiger partial charge in [0.25, 0.3) is 17.7 Å². The molecule has 0 aromatic heterocycles. The number of nitrogens with one attached hydrogen (secondary N) is 3. The van der Waals surface area contributed by atoms with E-state index in [0.29, 0.717) is 47.7 Å². The summed E-state index contributed by atoms with van der Waals surface area (Å²) < 4.78 is 6.64. The van der Waals surface area contributed by atoms with Gasteiger partial charge in [-0.3, -0.25) is 24.0 Å². The van der Waals surface area contributed by atoms with Crippen LogP contribution in [0.15, 0.2) is 157 Å². The molecule has 0 bridgehead atoms. The highest BCUT2D eigenvalue weighted by atomic mass is 16.5. The lowest BCUT2D eigenvalue weighted by Crippen LogP contribution is -2.52. The zero-order chi connectivity index (χ0) is 44.5. The fraction of sp³-hybridized carbons (Fsp3) is 0.208. The SMILES string of the molecule is O=C(CN1Cc2ccccc2[C@@H]2OC(c3ccccc3)=N[C@]2(Cc2ccccc2)C1=O)NCc1ccc(-c2ccc(C(=O)Nc3cccc4c3CN(C3CCCNC3=O)C4=O)cc2)cc1. The third kappa shape index (κ3) is 8.03. The molecule has 5 amide bonds. The number of carbonyl (C=O) groups is 5. The zero-order valence-electron chi connectivity index (χ0n) is 35.5. The lowest BCUT2D eigenvalue weighted by Gasteiger charge is -2.32. The fourth-order valence-corrected chi connectivity index (χ4v) is 9.43. The monoisotopic (exact) mass is 862 g/mol. The summed E-state index contributed by atoms with van der Waals surface area (Å²) in [6.45, 7) is 1.20. The number of anilines is 1. The number of rotatable bonds is 11. The number of fused-ring (bicyclic) bond motifs is 4. The highest BCUT2D eigenvalue weighted by Crippen LogP contribution is 2.46. The van der Waals surface area contributed by atoms with Crippen molar-refractivity contribution in [2.45, 2.75) is 56.6 Å². The second-order valence-corrected chi connectivity index (χ2v) is 16.9. The Bertz CT molecular complexity index is 2850. The molecule has 1 unspecified atom stereocenters. The van der Waals surface area contributed by atoms with Gasteiger partial charge in [-0.1, -0.05) is 115 Å². The molecule has 1 fully saturated rings. The summed E-state index contributed by atoms with van der Waals surface area (Å²) in [5, 5.41) is 8.86. The Morgan fingerprint density at radius 3 is 2.20 bits per heavy atom. The summed E-state index contributed by atoms with van der Waals surface area (Å²) in [5.41, 5.74) is 7.07. The molecule has 12 nitrogen and oxygen atoms in total. The summed E-state index contributed by atoms with van der Waals surface area (Å²) in [7, 11) is 0. The molecule has 324 valence electrons. The maximum Gasteiger partial charge on any atom is 0.256 e. The van der Waals surface area contributed by atoms with Crippen molar-refractivity contribution >= 4 is 41.1 Å². The molecule has 10 rings (SSSR count). The minimum absolute atomic E-state index is 0.144. The minimum Gasteiger partial charge on any atom is -0.466 e. The zero-order valence-corrected chi connectivity index (χ0v) is 35.5. The molecule has 1 saturated heterocycles. The van der Waals surface area contributed by atoms with E-state index in [2.05, 4.69) is 16.0 Å². The van der Waals surface area contributed by atoms with E-state index in [4.69, 9.17) is 9.73 Å². The molecule has 0 saturated carbocycles. The van der Waals surface area contributed by atoms with Gasteiger partial charge in [0.05, 0.1) is 6.54 Å². The number of hydrogen-bond donors (Lipinski definition) is 3. The van der Waals surface area contributed by atoms with Crippen molar-refractivity contribution in [3.8, 4) is 11.1 Å². The summed E-state index contributed by atoms with van der Waals surface area (Å²) in [6.07, 6.45) is 1.03. The predicted octanol–water partition coefficient (Wildman–Crippen LogP) is 7.00. The molecule has 4 heterocycles. The largest absolute Gasteiger partial charge is 0.466 e. The number of amides is 5. The van der Waals surface area contributed by atoms with Crippen LogP contribution < -0.4 is 16.0 Å². The van der Waals surface area contributed by atoms with Crippen molar-refractivity contribution in [3.63, 3.8) is 0 Å². The van der Waals surface area contributed by atoms with Crippen LogP contribution in [-0.4, -0.2) is 69.9 Å². The van der Waals surface area contributed by atoms with Crippen molar-refractivity contribution < 1.29 is 28.7 Å². The third-order valence-corrected chi connectivity index (χ3v) is 12.8. The molecule has 3 atom stereocenters. The Morgan fingerprint density at radius 1 is 0.738 bits per heavy atom. The summed E-state index contributed by atoms with van der Waals surface area (Å²) >= 11 is 0. The molecule has 6 aromatic carbocycles. The van der Waals surface area contributed by atoms with Crippen molar-refractivity contribution in [2.75, 3.05) is 18.4 Å². The molecule has 0 aliphatic carbocycles. The van der Waals surface area contributed by atoms with Gasteiger partial charge in [-0.15, -0.1) is 0 Å². The standard InChI is InChI=1S/C53H46N6O6/c60-46(33-58-31-40-15-7-8-16-41(40)47-53(52(58)64,29-34-11-3-1-4-12-34)57-50(65-47)39-13-5-2-6-14-39)55-30-35-20-22-36(23-21-35)37-24-26-38(27-25-37)48(61)56-44-18-9-17-42-43(44)32-59(51(42)63)45-19-10-28-54-49(45)62/h1-9,11-18,20-27,45,47H,10,19,28-33H2,(H,54,62)(H,55,60)(H,56,61)/t45?,47-,53-/m0/s1. The molecular formula is C53H46N6O6. The van der Waals surface area contributed by atoms with Gasteiger partial charge in [0.15, 0.2) is 11.6 Å². The molecule has 4 aliphatic rings. The van der Waals surface area contributed by atoms with Crippen molar-refractivity contribution in [3.05, 3.63) is 196 Å². The van der Waals surface area contributed by atoms with E-state index < -0.39 is 17.7 Å². The van der Waals surface area contributed by atoms with Gasteiger partial charge in [0, 0.05) is 66.1 Å². The lowest BCUT2D eigenvalue weighted by molar-refractivity contribution is -0.143. The van der Waals surface area contributed by atoms with Crippen LogP contribution in [0.4, 0.5) is 5.69 Å². The van der Waals surface area contributed by atoms with Gasteiger partial charge in [0.1, 0.15) is 6.04 Å². The van der Waals surface area contributed by atoms with Crippen LogP contribution in [0.5, 0.6) is 0 Å². The van der Waals surface area contributed by atoms with Crippen LogP contribution in [0.1, 0.15) is 73.0 Å². The second kappa shape index (κ2) is 17.4. The Hall–Kier alpha value is -7.86.